The van der Waals surface area contributed by atoms with Crippen molar-refractivity contribution in [3.63, 3.8) is 0 Å². The Labute approximate surface area is 144 Å². The van der Waals surface area contributed by atoms with Crippen LogP contribution in [0.1, 0.15) is 16.2 Å². The van der Waals surface area contributed by atoms with Gasteiger partial charge >= 0.3 is 0 Å². The monoisotopic (exact) mass is 454 g/mol. The summed E-state index contributed by atoms with van der Waals surface area (Å²) in [6.45, 7) is 0. The Hall–Kier alpha value is -1.21. The van der Waals surface area contributed by atoms with E-state index in [4.69, 9.17) is 0 Å². The summed E-state index contributed by atoms with van der Waals surface area (Å²) in [6.07, 6.45) is 0.303. The summed E-state index contributed by atoms with van der Waals surface area (Å²) >= 11 is 5.61. The molecule has 0 N–H and O–H groups in total. The molecule has 3 rings (SSSR count). The van der Waals surface area contributed by atoms with E-state index in [2.05, 4.69) is 43.5 Å². The lowest BCUT2D eigenvalue weighted by atomic mass is 10.1. The number of hydrogen-bond donors (Lipinski definition) is 0. The van der Waals surface area contributed by atoms with Gasteiger partial charge in [0, 0.05) is 20.7 Å². The number of aromatic nitrogens is 2. The summed E-state index contributed by atoms with van der Waals surface area (Å²) < 4.78 is 3.86. The van der Waals surface area contributed by atoms with Crippen molar-refractivity contribution in [3.05, 3.63) is 61.9 Å². The summed E-state index contributed by atoms with van der Waals surface area (Å²) in [4.78, 5) is 17.1. The van der Waals surface area contributed by atoms with Crippen molar-refractivity contribution in [3.8, 4) is 0 Å². The molecule has 0 aliphatic rings. The Morgan fingerprint density at radius 2 is 2.05 bits per heavy atom. The molecule has 0 aliphatic heterocycles. The van der Waals surface area contributed by atoms with Crippen molar-refractivity contribution in [2.75, 3.05) is 0 Å². The molecule has 3 nitrogen and oxygen atoms in total. The van der Waals surface area contributed by atoms with E-state index >= 15 is 0 Å². The summed E-state index contributed by atoms with van der Waals surface area (Å²) in [5.74, 6) is 0.871. The molecule has 2 aromatic carbocycles. The maximum atomic E-state index is 12.5. The van der Waals surface area contributed by atoms with E-state index in [1.54, 1.807) is 0 Å². The van der Waals surface area contributed by atoms with Gasteiger partial charge in [-0.2, -0.15) is 0 Å². The van der Waals surface area contributed by atoms with E-state index < -0.39 is 0 Å². The van der Waals surface area contributed by atoms with Gasteiger partial charge in [0.1, 0.15) is 5.82 Å². The minimum atomic E-state index is 0.0825. The number of rotatable bonds is 3. The van der Waals surface area contributed by atoms with Crippen molar-refractivity contribution >= 4 is 55.3 Å². The molecule has 0 fully saturated rings. The van der Waals surface area contributed by atoms with Crippen LogP contribution in [0.2, 0.25) is 0 Å². The number of fused-ring (bicyclic) bond motifs is 1. The quantitative estimate of drug-likeness (QED) is 0.435. The fourth-order valence-electron chi connectivity index (χ4n) is 2.30. The lowest BCUT2D eigenvalue weighted by Gasteiger charge is -2.05. The Morgan fingerprint density at radius 1 is 1.29 bits per heavy atom. The molecule has 1 heterocycles. The molecule has 0 saturated heterocycles. The molecule has 21 heavy (non-hydrogen) atoms. The highest BCUT2D eigenvalue weighted by atomic mass is 127. The molecule has 106 valence electrons. The number of para-hydroxylation sites is 2. The van der Waals surface area contributed by atoms with Crippen LogP contribution >= 0.6 is 38.5 Å². The molecule has 0 radical (unpaired) electrons. The third-order valence-electron chi connectivity index (χ3n) is 3.43. The van der Waals surface area contributed by atoms with E-state index in [0.717, 1.165) is 30.5 Å². The van der Waals surface area contributed by atoms with E-state index in [1.165, 1.54) is 0 Å². The van der Waals surface area contributed by atoms with Gasteiger partial charge in [0.25, 0.3) is 0 Å². The normalized spacial score (nSPS) is 11.0. The van der Waals surface area contributed by atoms with Crippen LogP contribution in [-0.4, -0.2) is 15.3 Å². The summed E-state index contributed by atoms with van der Waals surface area (Å²) in [5, 5.41) is 0. The highest BCUT2D eigenvalue weighted by Gasteiger charge is 2.15. The second-order valence-corrected chi connectivity index (χ2v) is 6.88. The van der Waals surface area contributed by atoms with Crippen LogP contribution in [0, 0.1) is 3.57 Å². The standard InChI is InChI=1S/C16H12BrIN2O/c1-20-14-5-3-2-4-13(14)19-16(20)9-15(21)11-8-10(17)6-7-12(11)18/h2-8H,9H2,1H3. The first-order chi connectivity index (χ1) is 10.1. The van der Waals surface area contributed by atoms with Crippen molar-refractivity contribution in [2.45, 2.75) is 6.42 Å². The molecule has 5 heteroatoms. The lowest BCUT2D eigenvalue weighted by Crippen LogP contribution is -2.09. The Bertz CT molecular complexity index is 841. The molecule has 0 amide bonds. The second-order valence-electron chi connectivity index (χ2n) is 4.80. The van der Waals surface area contributed by atoms with Crippen LogP contribution in [0.5, 0.6) is 0 Å². The molecule has 3 aromatic rings. The van der Waals surface area contributed by atoms with Gasteiger partial charge in [-0.25, -0.2) is 4.98 Å². The molecule has 0 aliphatic carbocycles. The highest BCUT2D eigenvalue weighted by Crippen LogP contribution is 2.21. The number of carbonyl (C=O) groups is 1. The average Bonchev–Trinajstić information content (AvgIpc) is 2.78. The molecule has 0 atom stereocenters. The van der Waals surface area contributed by atoms with Crippen LogP contribution in [-0.2, 0) is 13.5 Å². The molecule has 1 aromatic heterocycles. The Kier molecular flexibility index (Phi) is 4.12. The minimum Gasteiger partial charge on any atom is -0.331 e. The number of hydrogen-bond acceptors (Lipinski definition) is 2. The fourth-order valence-corrected chi connectivity index (χ4v) is 3.30. The van der Waals surface area contributed by atoms with Crippen molar-refractivity contribution < 1.29 is 4.79 Å². The number of Topliss-reactive ketones (excluding diaryl/α,β-unsaturated/α-hetero) is 1. The van der Waals surface area contributed by atoms with Crippen LogP contribution in [0.25, 0.3) is 11.0 Å². The zero-order chi connectivity index (χ0) is 15.0. The largest absolute Gasteiger partial charge is 0.331 e. The van der Waals surface area contributed by atoms with E-state index in [-0.39, 0.29) is 5.78 Å². The predicted octanol–water partition coefficient (Wildman–Crippen LogP) is 4.37. The van der Waals surface area contributed by atoms with Gasteiger partial charge in [0.2, 0.25) is 0 Å². The second kappa shape index (κ2) is 5.88. The van der Waals surface area contributed by atoms with E-state index in [0.29, 0.717) is 6.42 Å². The SMILES string of the molecule is Cn1c(CC(=O)c2cc(Br)ccc2I)nc2ccccc21. The first-order valence-electron chi connectivity index (χ1n) is 6.45. The molecule has 0 saturated carbocycles. The van der Waals surface area contributed by atoms with Gasteiger partial charge in [-0.3, -0.25) is 4.79 Å². The van der Waals surface area contributed by atoms with Gasteiger partial charge in [-0.05, 0) is 52.9 Å². The van der Waals surface area contributed by atoms with Crippen molar-refractivity contribution in [2.24, 2.45) is 7.05 Å². The number of ketones is 1. The zero-order valence-corrected chi connectivity index (χ0v) is 15.1. The number of halogens is 2. The van der Waals surface area contributed by atoms with Crippen LogP contribution in [0.3, 0.4) is 0 Å². The number of imidazole rings is 1. The summed E-state index contributed by atoms with van der Waals surface area (Å²) in [5.41, 5.74) is 2.70. The lowest BCUT2D eigenvalue weighted by molar-refractivity contribution is 0.0989. The first kappa shape index (κ1) is 14.7. The third-order valence-corrected chi connectivity index (χ3v) is 4.86. The number of benzene rings is 2. The van der Waals surface area contributed by atoms with Crippen LogP contribution in [0.4, 0.5) is 0 Å². The molecular weight excluding hydrogens is 443 g/mol. The topological polar surface area (TPSA) is 34.9 Å². The molecule has 0 unspecified atom stereocenters. The fraction of sp³-hybridized carbons (Fsp3) is 0.125. The molecule has 0 bridgehead atoms. The number of nitrogens with zero attached hydrogens (tertiary/aromatic N) is 2. The van der Waals surface area contributed by atoms with Crippen LogP contribution < -0.4 is 0 Å². The zero-order valence-electron chi connectivity index (χ0n) is 11.3. The maximum absolute atomic E-state index is 12.5. The number of aryl methyl sites for hydroxylation is 1. The van der Waals surface area contributed by atoms with Crippen molar-refractivity contribution in [1.82, 2.24) is 9.55 Å². The van der Waals surface area contributed by atoms with Gasteiger partial charge in [0.05, 0.1) is 17.5 Å². The smallest absolute Gasteiger partial charge is 0.171 e. The van der Waals surface area contributed by atoms with Crippen LogP contribution in [0.15, 0.2) is 46.9 Å². The Morgan fingerprint density at radius 3 is 2.81 bits per heavy atom. The Balaban J connectivity index is 1.96. The van der Waals surface area contributed by atoms with E-state index in [9.17, 15) is 4.79 Å². The summed E-state index contributed by atoms with van der Waals surface area (Å²) in [7, 11) is 1.95. The van der Waals surface area contributed by atoms with Crippen molar-refractivity contribution in [1.29, 1.82) is 0 Å². The number of carbonyl (C=O) groups excluding carboxylic acids is 1. The molecular formula is C16H12BrIN2O. The van der Waals surface area contributed by atoms with Gasteiger partial charge in [0.15, 0.2) is 5.78 Å². The predicted molar refractivity (Wildman–Crippen MR) is 95.6 cm³/mol. The summed E-state index contributed by atoms with van der Waals surface area (Å²) in [6, 6.07) is 13.7. The molecule has 0 spiro atoms. The van der Waals surface area contributed by atoms with E-state index in [1.807, 2.05) is 54.1 Å². The first-order valence-corrected chi connectivity index (χ1v) is 8.32. The van der Waals surface area contributed by atoms with Gasteiger partial charge < -0.3 is 4.57 Å². The van der Waals surface area contributed by atoms with Gasteiger partial charge in [-0.1, -0.05) is 28.1 Å². The maximum Gasteiger partial charge on any atom is 0.171 e. The third kappa shape index (κ3) is 2.89. The average molecular weight is 455 g/mol. The highest BCUT2D eigenvalue weighted by molar-refractivity contribution is 14.1. The van der Waals surface area contributed by atoms with Gasteiger partial charge in [-0.15, -0.1) is 0 Å². The minimum absolute atomic E-state index is 0.0825.